The second kappa shape index (κ2) is 7.33. The Morgan fingerprint density at radius 2 is 1.96 bits per heavy atom. The Morgan fingerprint density at radius 3 is 2.68 bits per heavy atom. The van der Waals surface area contributed by atoms with Gasteiger partial charge in [-0.05, 0) is 48.6 Å². The van der Waals surface area contributed by atoms with E-state index in [0.717, 1.165) is 47.5 Å². The number of para-hydroxylation sites is 1. The summed E-state index contributed by atoms with van der Waals surface area (Å²) in [5, 5.41) is 10.2. The summed E-state index contributed by atoms with van der Waals surface area (Å²) in [6.45, 7) is 1.78. The van der Waals surface area contributed by atoms with E-state index >= 15 is 0 Å². The topological polar surface area (TPSA) is 54.2 Å². The van der Waals surface area contributed by atoms with Crippen molar-refractivity contribution in [3.63, 3.8) is 0 Å². The van der Waals surface area contributed by atoms with Crippen molar-refractivity contribution in [2.24, 2.45) is 0 Å². The van der Waals surface area contributed by atoms with Gasteiger partial charge >= 0.3 is 0 Å². The molecule has 0 radical (unpaired) electrons. The van der Waals surface area contributed by atoms with Gasteiger partial charge in [-0.1, -0.05) is 29.4 Å². The lowest BCUT2D eigenvalue weighted by atomic mass is 9.97. The van der Waals surface area contributed by atoms with Crippen molar-refractivity contribution >= 4 is 34.4 Å². The van der Waals surface area contributed by atoms with Crippen LogP contribution in [-0.4, -0.2) is 33.2 Å². The van der Waals surface area contributed by atoms with Gasteiger partial charge in [-0.3, -0.25) is 0 Å². The highest BCUT2D eigenvalue weighted by molar-refractivity contribution is 7.80. The molecule has 2 aromatic heterocycles. The Bertz CT molecular complexity index is 824. The molecule has 0 spiro atoms. The summed E-state index contributed by atoms with van der Waals surface area (Å²) in [6.07, 6.45) is 1.92. The molecule has 0 unspecified atom stereocenters. The molecule has 4 rings (SSSR count). The van der Waals surface area contributed by atoms with Crippen molar-refractivity contribution in [2.75, 3.05) is 18.4 Å². The van der Waals surface area contributed by atoms with E-state index in [1.807, 2.05) is 47.8 Å². The third-order valence-corrected chi connectivity index (χ3v) is 5.57. The Balaban J connectivity index is 1.34. The third-order valence-electron chi connectivity index (χ3n) is 4.34. The number of hydrogen-bond acceptors (Lipinski definition) is 5. The highest BCUT2D eigenvalue weighted by atomic mass is 32.1. The average molecular weight is 371 g/mol. The summed E-state index contributed by atoms with van der Waals surface area (Å²) in [4.78, 5) is 7.83. The molecule has 1 aliphatic rings. The number of rotatable bonds is 3. The summed E-state index contributed by atoms with van der Waals surface area (Å²) in [5.74, 6) is 1.73. The van der Waals surface area contributed by atoms with E-state index < -0.39 is 0 Å². The van der Waals surface area contributed by atoms with Gasteiger partial charge in [0.15, 0.2) is 5.11 Å². The minimum absolute atomic E-state index is 0.303. The molecule has 0 saturated carbocycles. The molecule has 1 aliphatic heterocycles. The van der Waals surface area contributed by atoms with Crippen LogP contribution in [-0.2, 0) is 0 Å². The summed E-state index contributed by atoms with van der Waals surface area (Å²) < 4.78 is 5.50. The average Bonchev–Trinajstić information content (AvgIpc) is 3.34. The van der Waals surface area contributed by atoms with E-state index in [0.29, 0.717) is 11.7 Å². The van der Waals surface area contributed by atoms with Crippen LogP contribution < -0.4 is 5.32 Å². The Kier molecular flexibility index (Phi) is 4.76. The van der Waals surface area contributed by atoms with Crippen LogP contribution >= 0.6 is 23.6 Å². The molecular formula is C18H18N4OS2. The van der Waals surface area contributed by atoms with Crippen molar-refractivity contribution in [3.8, 4) is 10.7 Å². The number of thiocarbonyl (C=S) groups is 1. The standard InChI is InChI=1S/C18H18N4OS2/c24-18(19-14-5-2-1-3-6-14)22-10-8-13(9-11-22)17-20-16(21-23-17)15-7-4-12-25-15/h1-7,12-13H,8-11H2,(H,19,24). The van der Waals surface area contributed by atoms with Gasteiger partial charge in [0.1, 0.15) is 0 Å². The van der Waals surface area contributed by atoms with Crippen LogP contribution in [0.15, 0.2) is 52.4 Å². The van der Waals surface area contributed by atoms with E-state index in [9.17, 15) is 0 Å². The van der Waals surface area contributed by atoms with Crippen LogP contribution in [0.1, 0.15) is 24.7 Å². The molecule has 0 atom stereocenters. The number of aromatic nitrogens is 2. The maximum atomic E-state index is 5.53. The van der Waals surface area contributed by atoms with E-state index in [1.54, 1.807) is 11.3 Å². The van der Waals surface area contributed by atoms with E-state index in [1.165, 1.54) is 0 Å². The van der Waals surface area contributed by atoms with Crippen LogP contribution in [0.2, 0.25) is 0 Å². The molecule has 128 valence electrons. The van der Waals surface area contributed by atoms with Gasteiger partial charge in [-0.2, -0.15) is 4.98 Å². The lowest BCUT2D eigenvalue weighted by Gasteiger charge is -2.32. The zero-order valence-corrected chi connectivity index (χ0v) is 15.2. The summed E-state index contributed by atoms with van der Waals surface area (Å²) in [6, 6.07) is 14.0. The van der Waals surface area contributed by atoms with Gasteiger partial charge in [-0.15, -0.1) is 11.3 Å². The molecule has 1 aromatic carbocycles. The minimum Gasteiger partial charge on any atom is -0.349 e. The smallest absolute Gasteiger partial charge is 0.230 e. The Morgan fingerprint density at radius 1 is 1.16 bits per heavy atom. The largest absolute Gasteiger partial charge is 0.349 e. The first kappa shape index (κ1) is 16.2. The zero-order chi connectivity index (χ0) is 17.1. The predicted molar refractivity (Wildman–Crippen MR) is 104 cm³/mol. The fourth-order valence-corrected chi connectivity index (χ4v) is 3.91. The number of nitrogens with one attached hydrogen (secondary N) is 1. The molecule has 0 aliphatic carbocycles. The van der Waals surface area contributed by atoms with Crippen molar-refractivity contribution in [3.05, 3.63) is 53.7 Å². The first-order chi connectivity index (χ1) is 12.3. The quantitative estimate of drug-likeness (QED) is 0.691. The zero-order valence-electron chi connectivity index (χ0n) is 13.6. The molecule has 7 heteroatoms. The molecule has 1 fully saturated rings. The van der Waals surface area contributed by atoms with Gasteiger partial charge in [0.2, 0.25) is 11.7 Å². The maximum absolute atomic E-state index is 5.53. The van der Waals surface area contributed by atoms with Gasteiger partial charge in [0.25, 0.3) is 0 Å². The van der Waals surface area contributed by atoms with E-state index in [2.05, 4.69) is 20.4 Å². The van der Waals surface area contributed by atoms with Crippen molar-refractivity contribution in [1.82, 2.24) is 15.0 Å². The van der Waals surface area contributed by atoms with Gasteiger partial charge in [-0.25, -0.2) is 0 Å². The summed E-state index contributed by atoms with van der Waals surface area (Å²) in [7, 11) is 0. The Hall–Kier alpha value is -2.25. The first-order valence-corrected chi connectivity index (χ1v) is 9.57. The second-order valence-corrected chi connectivity index (χ2v) is 7.33. The number of anilines is 1. The van der Waals surface area contributed by atoms with Crippen LogP contribution in [0, 0.1) is 0 Å². The third kappa shape index (κ3) is 3.72. The molecule has 0 amide bonds. The highest BCUT2D eigenvalue weighted by Crippen LogP contribution is 2.29. The molecular weight excluding hydrogens is 352 g/mol. The molecule has 5 nitrogen and oxygen atoms in total. The van der Waals surface area contributed by atoms with Crippen LogP contribution in [0.4, 0.5) is 5.69 Å². The van der Waals surface area contributed by atoms with Crippen molar-refractivity contribution in [2.45, 2.75) is 18.8 Å². The molecule has 3 aromatic rings. The number of likely N-dealkylation sites (tertiary alicyclic amines) is 1. The molecule has 0 bridgehead atoms. The fraction of sp³-hybridized carbons (Fsp3) is 0.278. The lowest BCUT2D eigenvalue weighted by Crippen LogP contribution is -2.40. The number of nitrogens with zero attached hydrogens (tertiary/aromatic N) is 3. The summed E-state index contributed by atoms with van der Waals surface area (Å²) in [5.41, 5.74) is 1.02. The normalized spacial score (nSPS) is 15.3. The Labute approximate surface area is 155 Å². The minimum atomic E-state index is 0.303. The highest BCUT2D eigenvalue weighted by Gasteiger charge is 2.26. The second-order valence-electron chi connectivity index (χ2n) is 5.99. The molecule has 1 saturated heterocycles. The number of benzene rings is 1. The van der Waals surface area contributed by atoms with Crippen molar-refractivity contribution < 1.29 is 4.52 Å². The van der Waals surface area contributed by atoms with Crippen LogP contribution in [0.3, 0.4) is 0 Å². The SMILES string of the molecule is S=C(Nc1ccccc1)N1CCC(c2nc(-c3cccs3)no2)CC1. The monoisotopic (exact) mass is 370 g/mol. The summed E-state index contributed by atoms with van der Waals surface area (Å²) >= 11 is 7.16. The fourth-order valence-electron chi connectivity index (χ4n) is 2.96. The maximum Gasteiger partial charge on any atom is 0.230 e. The number of piperidine rings is 1. The van der Waals surface area contributed by atoms with Gasteiger partial charge in [0.05, 0.1) is 4.88 Å². The molecule has 25 heavy (non-hydrogen) atoms. The van der Waals surface area contributed by atoms with Crippen LogP contribution in [0.5, 0.6) is 0 Å². The lowest BCUT2D eigenvalue weighted by molar-refractivity contribution is 0.267. The van der Waals surface area contributed by atoms with Gasteiger partial charge in [0, 0.05) is 24.7 Å². The number of hydrogen-bond donors (Lipinski definition) is 1. The van der Waals surface area contributed by atoms with Crippen LogP contribution in [0.25, 0.3) is 10.7 Å². The molecule has 3 heterocycles. The molecule has 1 N–H and O–H groups in total. The van der Waals surface area contributed by atoms with E-state index in [4.69, 9.17) is 16.7 Å². The first-order valence-electron chi connectivity index (χ1n) is 8.28. The predicted octanol–water partition coefficient (Wildman–Crippen LogP) is 4.37. The van der Waals surface area contributed by atoms with Gasteiger partial charge < -0.3 is 14.7 Å². The van der Waals surface area contributed by atoms with E-state index in [-0.39, 0.29) is 0 Å². The number of thiophene rings is 1. The van der Waals surface area contributed by atoms with Crippen molar-refractivity contribution in [1.29, 1.82) is 0 Å².